The molecule has 2 amide bonds. The van der Waals surface area contributed by atoms with Gasteiger partial charge < -0.3 is 25.0 Å². The summed E-state index contributed by atoms with van der Waals surface area (Å²) in [6.45, 7) is 4.86. The zero-order valence-corrected chi connectivity index (χ0v) is 23.1. The van der Waals surface area contributed by atoms with Gasteiger partial charge in [0.15, 0.2) is 11.5 Å². The van der Waals surface area contributed by atoms with Gasteiger partial charge in [-0.25, -0.2) is 14.3 Å². The molecule has 4 aromatic rings. The van der Waals surface area contributed by atoms with Crippen LogP contribution in [-0.4, -0.2) is 79.2 Å². The van der Waals surface area contributed by atoms with E-state index in [1.807, 2.05) is 31.3 Å². The van der Waals surface area contributed by atoms with Gasteiger partial charge in [0.2, 0.25) is 0 Å². The van der Waals surface area contributed by atoms with E-state index in [9.17, 15) is 9.90 Å². The first-order chi connectivity index (χ1) is 19.9. The normalized spacial score (nSPS) is 19.9. The van der Waals surface area contributed by atoms with Gasteiger partial charge in [0, 0.05) is 25.0 Å². The molecule has 3 fully saturated rings. The van der Waals surface area contributed by atoms with E-state index >= 15 is 0 Å². The highest BCUT2D eigenvalue weighted by Gasteiger charge is 2.46. The molecule has 212 valence electrons. The van der Waals surface area contributed by atoms with E-state index in [0.29, 0.717) is 24.6 Å². The molecular weight excluding hydrogens is 520 g/mol. The minimum absolute atomic E-state index is 0.0777. The van der Waals surface area contributed by atoms with Crippen LogP contribution >= 0.6 is 0 Å². The van der Waals surface area contributed by atoms with Crippen molar-refractivity contribution in [3.05, 3.63) is 78.0 Å². The second kappa shape index (κ2) is 9.99. The lowest BCUT2D eigenvalue weighted by atomic mass is 9.88. The molecule has 0 radical (unpaired) electrons. The maximum Gasteiger partial charge on any atom is 0.318 e. The fraction of sp³-hybridized carbons (Fsp3) is 0.433. The number of nitrogens with one attached hydrogen (secondary N) is 1. The summed E-state index contributed by atoms with van der Waals surface area (Å²) in [6.07, 6.45) is 8.13. The largest absolute Gasteiger partial charge is 0.491 e. The number of aliphatic hydroxyl groups is 1. The predicted octanol–water partition coefficient (Wildman–Crippen LogP) is 3.04. The molecule has 7 rings (SSSR count). The molecular formula is C30H34N8O3. The zero-order valence-electron chi connectivity index (χ0n) is 23.1. The van der Waals surface area contributed by atoms with Crippen LogP contribution in [0.25, 0.3) is 5.65 Å². The van der Waals surface area contributed by atoms with Crippen molar-refractivity contribution >= 4 is 17.4 Å². The number of pyridine rings is 1. The Morgan fingerprint density at radius 3 is 2.63 bits per heavy atom. The van der Waals surface area contributed by atoms with Crippen LogP contribution in [0.3, 0.4) is 0 Å². The minimum atomic E-state index is -1.00. The zero-order chi connectivity index (χ0) is 28.0. The lowest BCUT2D eigenvalue weighted by Crippen LogP contribution is -2.52. The molecule has 3 aromatic heterocycles. The van der Waals surface area contributed by atoms with E-state index < -0.39 is 6.10 Å². The monoisotopic (exact) mass is 554 g/mol. The Morgan fingerprint density at radius 2 is 1.90 bits per heavy atom. The molecule has 1 aromatic carbocycles. The lowest BCUT2D eigenvalue weighted by molar-refractivity contribution is 0.121. The summed E-state index contributed by atoms with van der Waals surface area (Å²) in [7, 11) is 0. The first-order valence-electron chi connectivity index (χ1n) is 14.2. The molecule has 1 atom stereocenters. The van der Waals surface area contributed by atoms with Crippen molar-refractivity contribution in [2.75, 3.05) is 37.7 Å². The van der Waals surface area contributed by atoms with Crippen molar-refractivity contribution in [3.8, 4) is 5.75 Å². The van der Waals surface area contributed by atoms with Crippen LogP contribution in [0.2, 0.25) is 0 Å². The number of hydrogen-bond acceptors (Lipinski definition) is 8. The summed E-state index contributed by atoms with van der Waals surface area (Å²) in [5.74, 6) is 1.01. The van der Waals surface area contributed by atoms with Gasteiger partial charge in [-0.15, -0.1) is 5.10 Å². The highest BCUT2D eigenvalue weighted by atomic mass is 16.5. The Morgan fingerprint density at radius 1 is 1.10 bits per heavy atom. The highest BCUT2D eigenvalue weighted by Crippen LogP contribution is 2.48. The van der Waals surface area contributed by atoms with Crippen LogP contribution in [0.1, 0.15) is 48.7 Å². The number of piperidine rings is 1. The third-order valence-corrected chi connectivity index (χ3v) is 8.86. The van der Waals surface area contributed by atoms with E-state index in [-0.39, 0.29) is 23.5 Å². The number of aliphatic hydroxyl groups excluding tert-OH is 1. The molecule has 1 aliphatic carbocycles. The molecule has 2 saturated heterocycles. The Bertz CT molecular complexity index is 1550. The molecule has 1 saturated carbocycles. The number of anilines is 1. The Balaban J connectivity index is 0.996. The predicted molar refractivity (Wildman–Crippen MR) is 152 cm³/mol. The Kier molecular flexibility index (Phi) is 6.26. The highest BCUT2D eigenvalue weighted by molar-refractivity contribution is 5.78. The van der Waals surface area contributed by atoms with Crippen molar-refractivity contribution in [2.24, 2.45) is 0 Å². The number of carbonyl (C=O) groups is 1. The van der Waals surface area contributed by atoms with Gasteiger partial charge in [-0.3, -0.25) is 0 Å². The molecule has 2 aliphatic heterocycles. The number of aryl methyl sites for hydroxylation is 1. The van der Waals surface area contributed by atoms with Gasteiger partial charge >= 0.3 is 6.03 Å². The molecule has 41 heavy (non-hydrogen) atoms. The van der Waals surface area contributed by atoms with Crippen molar-refractivity contribution in [1.29, 1.82) is 0 Å². The number of ether oxygens (including phenoxy) is 1. The SMILES string of the molecule is Cc1cc(OCC2(c3ccccc3)CC2)cn2nc(C(O)CN3CC4(CCN(c5ccnnc5)CC4)NC3=O)nc12. The quantitative estimate of drug-likeness (QED) is 0.341. The number of amides is 2. The third-order valence-electron chi connectivity index (χ3n) is 8.86. The maximum absolute atomic E-state index is 12.9. The number of benzene rings is 1. The second-order valence-corrected chi connectivity index (χ2v) is 11.7. The van der Waals surface area contributed by atoms with Crippen LogP contribution < -0.4 is 15.0 Å². The van der Waals surface area contributed by atoms with Crippen LogP contribution in [0.4, 0.5) is 10.5 Å². The fourth-order valence-corrected chi connectivity index (χ4v) is 6.20. The summed E-state index contributed by atoms with van der Waals surface area (Å²) >= 11 is 0. The number of β-amino-alcohol motifs (C(OH)–C–C–N with tert-alkyl or cyclic N) is 1. The molecule has 1 spiro atoms. The molecule has 2 N–H and O–H groups in total. The summed E-state index contributed by atoms with van der Waals surface area (Å²) in [5, 5.41) is 26.7. The number of urea groups is 1. The van der Waals surface area contributed by atoms with E-state index in [1.165, 1.54) is 5.56 Å². The van der Waals surface area contributed by atoms with Crippen LogP contribution in [-0.2, 0) is 5.41 Å². The van der Waals surface area contributed by atoms with Crippen LogP contribution in [0.5, 0.6) is 5.75 Å². The van der Waals surface area contributed by atoms with Crippen molar-refractivity contribution in [2.45, 2.75) is 49.7 Å². The van der Waals surface area contributed by atoms with Gasteiger partial charge in [0.1, 0.15) is 11.9 Å². The average molecular weight is 555 g/mol. The topological polar surface area (TPSA) is 121 Å². The second-order valence-electron chi connectivity index (χ2n) is 11.7. The molecule has 11 nitrogen and oxygen atoms in total. The van der Waals surface area contributed by atoms with Gasteiger partial charge in [-0.05, 0) is 55.9 Å². The first kappa shape index (κ1) is 25.7. The molecule has 5 heterocycles. The van der Waals surface area contributed by atoms with E-state index in [0.717, 1.165) is 55.8 Å². The van der Waals surface area contributed by atoms with Gasteiger partial charge in [-0.1, -0.05) is 30.3 Å². The fourth-order valence-electron chi connectivity index (χ4n) is 6.20. The lowest BCUT2D eigenvalue weighted by Gasteiger charge is -2.39. The average Bonchev–Trinajstić information content (AvgIpc) is 3.57. The number of fused-ring (bicyclic) bond motifs is 1. The first-order valence-corrected chi connectivity index (χ1v) is 14.2. The number of hydrogen-bond donors (Lipinski definition) is 2. The number of aromatic nitrogens is 5. The standard InChI is InChI=1S/C30H34N8O3/c1-21-15-24(41-20-29(8-9-29)22-5-3-2-4-6-22)17-38-27(21)33-26(35-38)25(39)18-37-19-30(34-28(37)40)10-13-36(14-11-30)23-7-12-31-32-16-23/h2-7,12,15-17,25,39H,8-11,13-14,18-20H2,1H3,(H,34,40). The molecule has 3 aliphatic rings. The Labute approximate surface area is 238 Å². The van der Waals surface area contributed by atoms with E-state index in [2.05, 4.69) is 54.8 Å². The molecule has 0 bridgehead atoms. The third kappa shape index (κ3) is 4.94. The van der Waals surface area contributed by atoms with Crippen molar-refractivity contribution in [1.82, 2.24) is 35.0 Å². The number of carbonyl (C=O) groups excluding carboxylic acids is 1. The van der Waals surface area contributed by atoms with Gasteiger partial charge in [-0.2, -0.15) is 10.2 Å². The van der Waals surface area contributed by atoms with Gasteiger partial charge in [0.05, 0.1) is 43.0 Å². The maximum atomic E-state index is 12.9. The van der Waals surface area contributed by atoms with E-state index in [4.69, 9.17) is 4.74 Å². The summed E-state index contributed by atoms with van der Waals surface area (Å²) in [4.78, 5) is 21.5. The summed E-state index contributed by atoms with van der Waals surface area (Å²) in [5.41, 5.74) is 3.70. The van der Waals surface area contributed by atoms with Gasteiger partial charge in [0.25, 0.3) is 0 Å². The summed E-state index contributed by atoms with van der Waals surface area (Å²) < 4.78 is 7.91. The minimum Gasteiger partial charge on any atom is -0.491 e. The summed E-state index contributed by atoms with van der Waals surface area (Å²) in [6, 6.07) is 14.3. The van der Waals surface area contributed by atoms with Crippen molar-refractivity contribution < 1.29 is 14.6 Å². The number of rotatable bonds is 8. The molecule has 1 unspecified atom stereocenters. The molecule has 11 heteroatoms. The van der Waals surface area contributed by atoms with Crippen LogP contribution in [0, 0.1) is 6.92 Å². The van der Waals surface area contributed by atoms with E-state index in [1.54, 1.807) is 21.8 Å². The Hall–Kier alpha value is -4.25. The smallest absolute Gasteiger partial charge is 0.318 e. The van der Waals surface area contributed by atoms with Crippen molar-refractivity contribution in [3.63, 3.8) is 0 Å². The number of nitrogens with zero attached hydrogens (tertiary/aromatic N) is 7. The van der Waals surface area contributed by atoms with Crippen LogP contribution in [0.15, 0.2) is 61.1 Å².